The lowest BCUT2D eigenvalue weighted by atomic mass is 9.69. The molecular formula is C11H20ClN. The Bertz CT molecular complexity index is 194. The number of fused-ring (bicyclic) bond motifs is 3. The number of halogens is 1. The summed E-state index contributed by atoms with van der Waals surface area (Å²) in [6.45, 7) is 0. The second kappa shape index (κ2) is 3.13. The first-order chi connectivity index (χ1) is 5.83. The maximum Gasteiger partial charge on any atom is 0.0127 e. The van der Waals surface area contributed by atoms with Crippen LogP contribution in [0.4, 0.5) is 0 Å². The molecule has 0 unspecified atom stereocenters. The van der Waals surface area contributed by atoms with E-state index in [1.807, 2.05) is 0 Å². The van der Waals surface area contributed by atoms with Crippen molar-refractivity contribution in [2.75, 3.05) is 0 Å². The molecule has 2 N–H and O–H groups in total. The van der Waals surface area contributed by atoms with Crippen molar-refractivity contribution < 1.29 is 0 Å². The minimum atomic E-state index is 0. The Labute approximate surface area is 86.9 Å². The van der Waals surface area contributed by atoms with Gasteiger partial charge in [-0.05, 0) is 49.4 Å². The summed E-state index contributed by atoms with van der Waals surface area (Å²) >= 11 is 0. The third-order valence-corrected chi connectivity index (χ3v) is 4.99. The van der Waals surface area contributed by atoms with Gasteiger partial charge in [0.05, 0.1) is 0 Å². The highest BCUT2D eigenvalue weighted by Gasteiger charge is 2.56. The molecule has 3 fully saturated rings. The van der Waals surface area contributed by atoms with Crippen LogP contribution in [0.15, 0.2) is 0 Å². The standard InChI is InChI=1S/C11H19N.ClH/c12-10-8-3-4-9(7-8)11(10)5-1-2-6-11;/h8-10H,1-7,12H2;1H/t8-,9+,10-;/m1./s1. The zero-order valence-corrected chi connectivity index (χ0v) is 8.98. The van der Waals surface area contributed by atoms with Gasteiger partial charge in [0.25, 0.3) is 0 Å². The van der Waals surface area contributed by atoms with E-state index in [9.17, 15) is 0 Å². The van der Waals surface area contributed by atoms with Crippen LogP contribution in [0, 0.1) is 17.3 Å². The molecule has 13 heavy (non-hydrogen) atoms. The second-order valence-electron chi connectivity index (χ2n) is 5.24. The van der Waals surface area contributed by atoms with E-state index >= 15 is 0 Å². The third-order valence-electron chi connectivity index (χ3n) is 4.99. The van der Waals surface area contributed by atoms with E-state index in [0.717, 1.165) is 11.8 Å². The number of hydrogen-bond donors (Lipinski definition) is 1. The Morgan fingerprint density at radius 3 is 2.31 bits per heavy atom. The minimum Gasteiger partial charge on any atom is -0.327 e. The van der Waals surface area contributed by atoms with E-state index in [2.05, 4.69) is 0 Å². The van der Waals surface area contributed by atoms with E-state index in [-0.39, 0.29) is 12.4 Å². The van der Waals surface area contributed by atoms with Gasteiger partial charge >= 0.3 is 0 Å². The van der Waals surface area contributed by atoms with Gasteiger partial charge in [0, 0.05) is 6.04 Å². The van der Waals surface area contributed by atoms with Crippen LogP contribution in [0.25, 0.3) is 0 Å². The first-order valence-electron chi connectivity index (χ1n) is 5.58. The average Bonchev–Trinajstić information content (AvgIpc) is 2.75. The summed E-state index contributed by atoms with van der Waals surface area (Å²) in [4.78, 5) is 0. The lowest BCUT2D eigenvalue weighted by molar-refractivity contribution is 0.139. The Balaban J connectivity index is 0.000000653. The van der Waals surface area contributed by atoms with Crippen molar-refractivity contribution in [2.24, 2.45) is 23.0 Å². The Kier molecular flexibility index (Phi) is 2.36. The Morgan fingerprint density at radius 2 is 1.77 bits per heavy atom. The molecule has 0 aromatic rings. The van der Waals surface area contributed by atoms with Gasteiger partial charge in [-0.25, -0.2) is 0 Å². The van der Waals surface area contributed by atoms with E-state index in [1.165, 1.54) is 44.9 Å². The van der Waals surface area contributed by atoms with Crippen LogP contribution in [0.5, 0.6) is 0 Å². The van der Waals surface area contributed by atoms with Crippen LogP contribution < -0.4 is 5.73 Å². The van der Waals surface area contributed by atoms with Gasteiger partial charge in [-0.1, -0.05) is 12.8 Å². The van der Waals surface area contributed by atoms with Crippen molar-refractivity contribution in [3.8, 4) is 0 Å². The summed E-state index contributed by atoms with van der Waals surface area (Å²) in [7, 11) is 0. The molecule has 3 saturated carbocycles. The molecule has 0 aromatic carbocycles. The summed E-state index contributed by atoms with van der Waals surface area (Å²) < 4.78 is 0. The van der Waals surface area contributed by atoms with Crippen molar-refractivity contribution in [1.82, 2.24) is 0 Å². The summed E-state index contributed by atoms with van der Waals surface area (Å²) in [5, 5.41) is 0. The molecule has 3 atom stereocenters. The predicted octanol–water partition coefficient (Wildman–Crippen LogP) is 2.73. The van der Waals surface area contributed by atoms with E-state index in [0.29, 0.717) is 11.5 Å². The SMILES string of the molecule is Cl.N[C@@H]1[C@@H]2CC[C@@H](C2)C12CCCC2. The predicted molar refractivity (Wildman–Crippen MR) is 57.0 cm³/mol. The number of nitrogens with two attached hydrogens (primary N) is 1. The first-order valence-corrected chi connectivity index (χ1v) is 5.58. The van der Waals surface area contributed by atoms with Gasteiger partial charge in [-0.2, -0.15) is 0 Å². The summed E-state index contributed by atoms with van der Waals surface area (Å²) in [5.74, 6) is 1.94. The van der Waals surface area contributed by atoms with Gasteiger partial charge < -0.3 is 5.73 Å². The topological polar surface area (TPSA) is 26.0 Å². The van der Waals surface area contributed by atoms with Gasteiger partial charge in [-0.15, -0.1) is 12.4 Å². The highest BCUT2D eigenvalue weighted by molar-refractivity contribution is 5.85. The highest BCUT2D eigenvalue weighted by Crippen LogP contribution is 2.61. The monoisotopic (exact) mass is 201 g/mol. The van der Waals surface area contributed by atoms with Crippen molar-refractivity contribution in [3.05, 3.63) is 0 Å². The van der Waals surface area contributed by atoms with Gasteiger partial charge in [0.15, 0.2) is 0 Å². The molecule has 3 aliphatic carbocycles. The van der Waals surface area contributed by atoms with E-state index < -0.39 is 0 Å². The number of rotatable bonds is 0. The van der Waals surface area contributed by atoms with Gasteiger partial charge in [-0.3, -0.25) is 0 Å². The van der Waals surface area contributed by atoms with Crippen molar-refractivity contribution >= 4 is 12.4 Å². The molecule has 0 heterocycles. The fourth-order valence-corrected chi connectivity index (χ4v) is 4.38. The Morgan fingerprint density at radius 1 is 1.08 bits per heavy atom. The summed E-state index contributed by atoms with van der Waals surface area (Å²) in [6, 6.07) is 0.582. The Hall–Kier alpha value is 0.250. The summed E-state index contributed by atoms with van der Waals surface area (Å²) in [5.41, 5.74) is 7.00. The summed E-state index contributed by atoms with van der Waals surface area (Å²) in [6.07, 6.45) is 10.2. The molecule has 0 radical (unpaired) electrons. The second-order valence-corrected chi connectivity index (χ2v) is 5.24. The zero-order valence-electron chi connectivity index (χ0n) is 8.17. The fourth-order valence-electron chi connectivity index (χ4n) is 4.38. The molecule has 0 aromatic heterocycles. The first kappa shape index (κ1) is 9.79. The zero-order chi connectivity index (χ0) is 8.18. The van der Waals surface area contributed by atoms with Gasteiger partial charge in [0.2, 0.25) is 0 Å². The smallest absolute Gasteiger partial charge is 0.0127 e. The van der Waals surface area contributed by atoms with Crippen LogP contribution in [0.2, 0.25) is 0 Å². The highest BCUT2D eigenvalue weighted by atomic mass is 35.5. The van der Waals surface area contributed by atoms with Crippen LogP contribution in [0.1, 0.15) is 44.9 Å². The molecule has 3 aliphatic rings. The van der Waals surface area contributed by atoms with E-state index in [4.69, 9.17) is 5.73 Å². The van der Waals surface area contributed by atoms with Crippen LogP contribution in [0.3, 0.4) is 0 Å². The molecule has 2 bridgehead atoms. The molecular weight excluding hydrogens is 182 g/mol. The minimum absolute atomic E-state index is 0. The van der Waals surface area contributed by atoms with Crippen LogP contribution in [-0.2, 0) is 0 Å². The maximum atomic E-state index is 6.36. The molecule has 1 nitrogen and oxygen atoms in total. The maximum absolute atomic E-state index is 6.36. The van der Waals surface area contributed by atoms with Crippen molar-refractivity contribution in [1.29, 1.82) is 0 Å². The fraction of sp³-hybridized carbons (Fsp3) is 1.00. The van der Waals surface area contributed by atoms with Crippen molar-refractivity contribution in [3.63, 3.8) is 0 Å². The third kappa shape index (κ3) is 1.10. The molecule has 3 rings (SSSR count). The average molecular weight is 202 g/mol. The molecule has 1 spiro atoms. The lowest BCUT2D eigenvalue weighted by Crippen LogP contribution is -2.44. The van der Waals surface area contributed by atoms with Crippen LogP contribution in [-0.4, -0.2) is 6.04 Å². The molecule has 76 valence electrons. The largest absolute Gasteiger partial charge is 0.327 e. The molecule has 0 aliphatic heterocycles. The quantitative estimate of drug-likeness (QED) is 0.641. The van der Waals surface area contributed by atoms with Crippen LogP contribution >= 0.6 is 12.4 Å². The normalized spacial score (nSPS) is 45.5. The van der Waals surface area contributed by atoms with Gasteiger partial charge in [0.1, 0.15) is 0 Å². The lowest BCUT2D eigenvalue weighted by Gasteiger charge is -2.39. The van der Waals surface area contributed by atoms with Crippen molar-refractivity contribution in [2.45, 2.75) is 51.0 Å². The molecule has 0 amide bonds. The van der Waals surface area contributed by atoms with E-state index in [1.54, 1.807) is 0 Å². The molecule has 0 saturated heterocycles. The number of hydrogen-bond acceptors (Lipinski definition) is 1. The molecule has 2 heteroatoms.